The van der Waals surface area contributed by atoms with Gasteiger partial charge in [0.15, 0.2) is 4.80 Å². The van der Waals surface area contributed by atoms with E-state index in [9.17, 15) is 0 Å². The lowest BCUT2D eigenvalue weighted by Gasteiger charge is -2.02. The van der Waals surface area contributed by atoms with Crippen LogP contribution >= 0.6 is 44.2 Å². The molecule has 86 valence electrons. The molecule has 1 heterocycles. The van der Waals surface area contributed by atoms with Gasteiger partial charge in [-0.3, -0.25) is 4.99 Å². The Kier molecular flexibility index (Phi) is 4.95. The molecule has 0 aliphatic carbocycles. The van der Waals surface area contributed by atoms with Crippen molar-refractivity contribution in [1.82, 2.24) is 4.57 Å². The van der Waals surface area contributed by atoms with Gasteiger partial charge in [0.25, 0.3) is 0 Å². The van der Waals surface area contributed by atoms with Gasteiger partial charge in [0.2, 0.25) is 0 Å². The number of halogens is 2. The number of aromatic nitrogens is 1. The maximum atomic E-state index is 4.21. The van der Waals surface area contributed by atoms with E-state index >= 15 is 0 Å². The summed E-state index contributed by atoms with van der Waals surface area (Å²) < 4.78 is 3.21. The van der Waals surface area contributed by atoms with E-state index in [1.54, 1.807) is 11.3 Å². The van der Waals surface area contributed by atoms with Crippen LogP contribution in [-0.2, 0) is 7.05 Å². The van der Waals surface area contributed by atoms with Crippen LogP contribution < -0.4 is 4.80 Å². The van der Waals surface area contributed by atoms with Gasteiger partial charge in [-0.1, -0.05) is 28.1 Å². The Balaban J connectivity index is 0.00000128. The zero-order chi connectivity index (χ0) is 10.8. The van der Waals surface area contributed by atoms with Crippen molar-refractivity contribution in [3.05, 3.63) is 38.9 Å². The van der Waals surface area contributed by atoms with Gasteiger partial charge < -0.3 is 4.57 Å². The van der Waals surface area contributed by atoms with Crippen molar-refractivity contribution in [2.24, 2.45) is 12.0 Å². The molecule has 0 atom stereocenters. The van der Waals surface area contributed by atoms with Crippen LogP contribution in [0.3, 0.4) is 0 Å². The molecule has 2 rings (SSSR count). The van der Waals surface area contributed by atoms with Crippen molar-refractivity contribution in [3.63, 3.8) is 0 Å². The summed E-state index contributed by atoms with van der Waals surface area (Å²) in [6, 6.07) is 8.31. The Hall–Kier alpha value is -0.390. The Labute approximate surface area is 118 Å². The predicted octanol–water partition coefficient (Wildman–Crippen LogP) is 3.62. The average Bonchev–Trinajstić information content (AvgIpc) is 2.61. The molecule has 0 amide bonds. The fourth-order valence-electron chi connectivity index (χ4n) is 1.45. The zero-order valence-electron chi connectivity index (χ0n) is 8.98. The zero-order valence-corrected chi connectivity index (χ0v) is 13.1. The summed E-state index contributed by atoms with van der Waals surface area (Å²) in [5.74, 6) is 0. The standard InChI is InChI=1S/C11H11BrN2S.BrH/c1-13-11-14(2)10(7-15-11)8-3-5-9(12)6-4-8;/h3-7H,1-2H3;1H. The highest BCUT2D eigenvalue weighted by Crippen LogP contribution is 2.21. The van der Waals surface area contributed by atoms with Gasteiger partial charge in [0, 0.05) is 23.9 Å². The molecule has 0 saturated heterocycles. The van der Waals surface area contributed by atoms with Crippen molar-refractivity contribution < 1.29 is 0 Å². The summed E-state index contributed by atoms with van der Waals surface area (Å²) in [5.41, 5.74) is 2.42. The molecule has 0 saturated carbocycles. The van der Waals surface area contributed by atoms with Crippen molar-refractivity contribution in [2.45, 2.75) is 0 Å². The molecule has 0 unspecified atom stereocenters. The highest BCUT2D eigenvalue weighted by molar-refractivity contribution is 9.10. The topological polar surface area (TPSA) is 17.3 Å². The van der Waals surface area contributed by atoms with E-state index < -0.39 is 0 Å². The molecule has 0 bridgehead atoms. The SMILES string of the molecule is Br.CN=c1scc(-c2ccc(Br)cc2)n1C. The lowest BCUT2D eigenvalue weighted by Crippen LogP contribution is -2.10. The highest BCUT2D eigenvalue weighted by Gasteiger charge is 2.03. The fraction of sp³-hybridized carbons (Fsp3) is 0.182. The maximum absolute atomic E-state index is 4.21. The number of benzene rings is 1. The number of hydrogen-bond donors (Lipinski definition) is 0. The summed E-state index contributed by atoms with van der Waals surface area (Å²) in [4.78, 5) is 5.24. The first kappa shape index (κ1) is 13.7. The van der Waals surface area contributed by atoms with E-state index in [1.165, 1.54) is 11.3 Å². The van der Waals surface area contributed by atoms with Crippen molar-refractivity contribution >= 4 is 44.2 Å². The lowest BCUT2D eigenvalue weighted by molar-refractivity contribution is 0.876. The van der Waals surface area contributed by atoms with E-state index in [0.717, 1.165) is 9.27 Å². The number of hydrogen-bond acceptors (Lipinski definition) is 2. The van der Waals surface area contributed by atoms with Gasteiger partial charge in [-0.05, 0) is 17.7 Å². The van der Waals surface area contributed by atoms with Gasteiger partial charge in [-0.2, -0.15) is 0 Å². The average molecular weight is 364 g/mol. The van der Waals surface area contributed by atoms with E-state index in [-0.39, 0.29) is 17.0 Å². The van der Waals surface area contributed by atoms with Crippen LogP contribution in [0.4, 0.5) is 0 Å². The molecule has 0 fully saturated rings. The van der Waals surface area contributed by atoms with Crippen LogP contribution in [0, 0.1) is 0 Å². The second-order valence-corrected chi connectivity index (χ2v) is 4.95. The Bertz CT molecular complexity index is 526. The molecule has 5 heteroatoms. The Morgan fingerprint density at radius 2 is 1.88 bits per heavy atom. The second-order valence-electron chi connectivity index (χ2n) is 3.19. The largest absolute Gasteiger partial charge is 0.320 e. The minimum atomic E-state index is 0. The summed E-state index contributed by atoms with van der Waals surface area (Å²) in [7, 11) is 3.85. The van der Waals surface area contributed by atoms with E-state index in [1.807, 2.05) is 14.1 Å². The molecule has 0 radical (unpaired) electrons. The van der Waals surface area contributed by atoms with Crippen LogP contribution in [0.1, 0.15) is 0 Å². The van der Waals surface area contributed by atoms with Crippen LogP contribution in [0.15, 0.2) is 39.1 Å². The van der Waals surface area contributed by atoms with Crippen molar-refractivity contribution in [1.29, 1.82) is 0 Å². The summed E-state index contributed by atoms with van der Waals surface area (Å²) in [6.07, 6.45) is 0. The fourth-order valence-corrected chi connectivity index (χ4v) is 2.59. The molecule has 2 aromatic rings. The van der Waals surface area contributed by atoms with E-state index in [2.05, 4.69) is 55.1 Å². The molecule has 2 nitrogen and oxygen atoms in total. The smallest absolute Gasteiger partial charge is 0.184 e. The van der Waals surface area contributed by atoms with E-state index in [0.29, 0.717) is 0 Å². The van der Waals surface area contributed by atoms with Crippen LogP contribution in [0.25, 0.3) is 11.3 Å². The van der Waals surface area contributed by atoms with Crippen molar-refractivity contribution in [2.75, 3.05) is 7.05 Å². The minimum absolute atomic E-state index is 0. The van der Waals surface area contributed by atoms with Gasteiger partial charge in [-0.25, -0.2) is 0 Å². The quantitative estimate of drug-likeness (QED) is 0.736. The highest BCUT2D eigenvalue weighted by atomic mass is 79.9. The van der Waals surface area contributed by atoms with Gasteiger partial charge >= 0.3 is 0 Å². The lowest BCUT2D eigenvalue weighted by atomic mass is 10.2. The van der Waals surface area contributed by atoms with Crippen molar-refractivity contribution in [3.8, 4) is 11.3 Å². The minimum Gasteiger partial charge on any atom is -0.320 e. The molecular formula is C11H12Br2N2S. The molecule has 0 N–H and O–H groups in total. The first-order valence-electron chi connectivity index (χ1n) is 4.55. The van der Waals surface area contributed by atoms with E-state index in [4.69, 9.17) is 0 Å². The summed E-state index contributed by atoms with van der Waals surface area (Å²) in [5, 5.41) is 2.13. The predicted molar refractivity (Wildman–Crippen MR) is 78.2 cm³/mol. The first-order valence-corrected chi connectivity index (χ1v) is 6.23. The first-order chi connectivity index (χ1) is 7.22. The Morgan fingerprint density at radius 1 is 1.25 bits per heavy atom. The van der Waals surface area contributed by atoms with Gasteiger partial charge in [0.05, 0.1) is 5.69 Å². The molecular weight excluding hydrogens is 352 g/mol. The number of rotatable bonds is 1. The molecule has 0 spiro atoms. The normalized spacial score (nSPS) is 11.3. The summed E-state index contributed by atoms with van der Waals surface area (Å²) in [6.45, 7) is 0. The van der Waals surface area contributed by atoms with Gasteiger partial charge in [0.1, 0.15) is 0 Å². The van der Waals surface area contributed by atoms with Crippen LogP contribution in [0.5, 0.6) is 0 Å². The Morgan fingerprint density at radius 3 is 2.38 bits per heavy atom. The number of thiazole rings is 1. The molecule has 0 aliphatic rings. The van der Waals surface area contributed by atoms with Crippen LogP contribution in [-0.4, -0.2) is 11.6 Å². The molecule has 16 heavy (non-hydrogen) atoms. The maximum Gasteiger partial charge on any atom is 0.184 e. The number of nitrogens with zero attached hydrogens (tertiary/aromatic N) is 2. The molecule has 1 aromatic heterocycles. The van der Waals surface area contributed by atoms with Crippen LogP contribution in [0.2, 0.25) is 0 Å². The van der Waals surface area contributed by atoms with Gasteiger partial charge in [-0.15, -0.1) is 28.3 Å². The monoisotopic (exact) mass is 362 g/mol. The second kappa shape index (κ2) is 5.80. The third-order valence-corrected chi connectivity index (χ3v) is 3.79. The molecule has 1 aromatic carbocycles. The third-order valence-electron chi connectivity index (χ3n) is 2.26. The summed E-state index contributed by atoms with van der Waals surface area (Å²) >= 11 is 5.09. The third kappa shape index (κ3) is 2.64. The molecule has 0 aliphatic heterocycles.